The van der Waals surface area contributed by atoms with Crippen LogP contribution in [0, 0.1) is 5.92 Å². The Kier molecular flexibility index (Phi) is 5.74. The predicted octanol–water partition coefficient (Wildman–Crippen LogP) is 3.02. The van der Waals surface area contributed by atoms with Gasteiger partial charge in [0.25, 0.3) is 0 Å². The Morgan fingerprint density at radius 3 is 2.65 bits per heavy atom. The summed E-state index contributed by atoms with van der Waals surface area (Å²) in [6, 6.07) is 9.63. The molecule has 2 amide bonds. The maximum atomic E-state index is 11.8. The number of nitrogens with zero attached hydrogens (tertiary/aromatic N) is 1. The summed E-state index contributed by atoms with van der Waals surface area (Å²) >= 11 is 1.55. The molecular formula is C17H23N3O2S. The normalized spacial score (nSPS) is 13.6. The summed E-state index contributed by atoms with van der Waals surface area (Å²) in [5.74, 6) is 0.0646. The van der Waals surface area contributed by atoms with Crippen LogP contribution in [0.4, 0.5) is 4.79 Å². The molecule has 0 fully saturated rings. The minimum absolute atomic E-state index is 0.0646. The van der Waals surface area contributed by atoms with Gasteiger partial charge in [0.2, 0.25) is 0 Å². The second kappa shape index (κ2) is 7.57. The number of rotatable bonds is 6. The van der Waals surface area contributed by atoms with Gasteiger partial charge >= 0.3 is 6.03 Å². The molecule has 0 radical (unpaired) electrons. The molecule has 1 heterocycles. The smallest absolute Gasteiger partial charge is 0.315 e. The molecule has 0 aliphatic heterocycles. The van der Waals surface area contributed by atoms with Gasteiger partial charge in [-0.15, -0.1) is 11.3 Å². The van der Waals surface area contributed by atoms with E-state index in [0.717, 1.165) is 16.3 Å². The number of benzene rings is 1. The van der Waals surface area contributed by atoms with E-state index in [1.165, 1.54) is 0 Å². The molecule has 23 heavy (non-hydrogen) atoms. The van der Waals surface area contributed by atoms with E-state index in [1.807, 2.05) is 49.6 Å². The van der Waals surface area contributed by atoms with Gasteiger partial charge in [-0.25, -0.2) is 9.78 Å². The third-order valence-electron chi connectivity index (χ3n) is 3.85. The molecule has 3 N–H and O–H groups in total. The van der Waals surface area contributed by atoms with Crippen molar-refractivity contribution in [1.29, 1.82) is 0 Å². The molecule has 6 heteroatoms. The van der Waals surface area contributed by atoms with Crippen LogP contribution in [0.25, 0.3) is 10.6 Å². The zero-order valence-corrected chi connectivity index (χ0v) is 14.5. The van der Waals surface area contributed by atoms with Crippen molar-refractivity contribution in [3.05, 3.63) is 41.4 Å². The highest BCUT2D eigenvalue weighted by atomic mass is 32.1. The minimum Gasteiger partial charge on any atom is -0.388 e. The fourth-order valence-electron chi connectivity index (χ4n) is 1.80. The molecule has 2 aromatic rings. The molecule has 0 saturated carbocycles. The molecule has 2 rings (SSSR count). The van der Waals surface area contributed by atoms with Crippen LogP contribution in [0.5, 0.6) is 0 Å². The largest absolute Gasteiger partial charge is 0.388 e. The SMILES string of the molecule is CC(C)C(C)(O)CNC(=O)NCc1csc(-c2ccccc2)n1. The molecule has 1 atom stereocenters. The van der Waals surface area contributed by atoms with E-state index in [0.29, 0.717) is 6.54 Å². The summed E-state index contributed by atoms with van der Waals surface area (Å²) in [7, 11) is 0. The molecule has 1 unspecified atom stereocenters. The maximum absolute atomic E-state index is 11.8. The van der Waals surface area contributed by atoms with Crippen LogP contribution in [0.1, 0.15) is 26.5 Å². The summed E-state index contributed by atoms with van der Waals surface area (Å²) in [6.45, 7) is 6.12. The molecule has 0 spiro atoms. The summed E-state index contributed by atoms with van der Waals surface area (Å²) in [6.07, 6.45) is 0. The first-order chi connectivity index (χ1) is 10.9. The molecule has 0 saturated heterocycles. The average molecular weight is 333 g/mol. The highest BCUT2D eigenvalue weighted by Gasteiger charge is 2.25. The Balaban J connectivity index is 1.82. The Bertz CT molecular complexity index is 638. The van der Waals surface area contributed by atoms with Crippen molar-refractivity contribution in [2.75, 3.05) is 6.54 Å². The van der Waals surface area contributed by atoms with Crippen LogP contribution in [0.3, 0.4) is 0 Å². The van der Waals surface area contributed by atoms with Crippen LogP contribution >= 0.6 is 11.3 Å². The quantitative estimate of drug-likeness (QED) is 0.761. The number of nitrogens with one attached hydrogen (secondary N) is 2. The topological polar surface area (TPSA) is 74.2 Å². The van der Waals surface area contributed by atoms with Gasteiger partial charge in [0, 0.05) is 17.5 Å². The lowest BCUT2D eigenvalue weighted by Crippen LogP contribution is -2.47. The van der Waals surface area contributed by atoms with E-state index in [4.69, 9.17) is 0 Å². The van der Waals surface area contributed by atoms with Gasteiger partial charge in [0.1, 0.15) is 5.01 Å². The van der Waals surface area contributed by atoms with Crippen molar-refractivity contribution in [1.82, 2.24) is 15.6 Å². The molecular weight excluding hydrogens is 310 g/mol. The van der Waals surface area contributed by atoms with E-state index in [9.17, 15) is 9.90 Å². The Morgan fingerprint density at radius 1 is 1.30 bits per heavy atom. The van der Waals surface area contributed by atoms with Crippen molar-refractivity contribution >= 4 is 17.4 Å². The Morgan fingerprint density at radius 2 is 2.00 bits per heavy atom. The highest BCUT2D eigenvalue weighted by Crippen LogP contribution is 2.23. The van der Waals surface area contributed by atoms with Crippen molar-refractivity contribution in [2.24, 2.45) is 5.92 Å². The third-order valence-corrected chi connectivity index (χ3v) is 4.79. The lowest BCUT2D eigenvalue weighted by Gasteiger charge is -2.27. The molecule has 0 aliphatic rings. The third kappa shape index (κ3) is 5.04. The molecule has 0 bridgehead atoms. The molecule has 5 nitrogen and oxygen atoms in total. The molecule has 0 aliphatic carbocycles. The first-order valence-electron chi connectivity index (χ1n) is 7.62. The highest BCUT2D eigenvalue weighted by molar-refractivity contribution is 7.13. The van der Waals surface area contributed by atoms with Gasteiger partial charge in [0.05, 0.1) is 17.8 Å². The second-order valence-corrected chi connectivity index (χ2v) is 6.92. The Labute approximate surface area is 140 Å². The van der Waals surface area contributed by atoms with E-state index >= 15 is 0 Å². The van der Waals surface area contributed by atoms with Crippen molar-refractivity contribution in [2.45, 2.75) is 32.9 Å². The van der Waals surface area contributed by atoms with Gasteiger partial charge in [-0.3, -0.25) is 0 Å². The van der Waals surface area contributed by atoms with E-state index in [-0.39, 0.29) is 18.5 Å². The fraction of sp³-hybridized carbons (Fsp3) is 0.412. The van der Waals surface area contributed by atoms with Crippen LogP contribution in [-0.4, -0.2) is 28.3 Å². The number of amides is 2. The van der Waals surface area contributed by atoms with Crippen molar-refractivity contribution in [3.8, 4) is 10.6 Å². The Hall–Kier alpha value is -1.92. The number of carbonyl (C=O) groups is 1. The van der Waals surface area contributed by atoms with E-state index in [1.54, 1.807) is 18.3 Å². The van der Waals surface area contributed by atoms with Crippen LogP contribution in [0.15, 0.2) is 35.7 Å². The van der Waals surface area contributed by atoms with Crippen molar-refractivity contribution in [3.63, 3.8) is 0 Å². The van der Waals surface area contributed by atoms with Crippen LogP contribution in [-0.2, 0) is 6.54 Å². The molecule has 1 aromatic carbocycles. The molecule has 124 valence electrons. The zero-order valence-electron chi connectivity index (χ0n) is 13.7. The maximum Gasteiger partial charge on any atom is 0.315 e. The zero-order chi connectivity index (χ0) is 16.9. The number of hydrogen-bond acceptors (Lipinski definition) is 4. The van der Waals surface area contributed by atoms with Gasteiger partial charge < -0.3 is 15.7 Å². The number of aromatic nitrogens is 1. The summed E-state index contributed by atoms with van der Waals surface area (Å²) in [4.78, 5) is 16.3. The number of urea groups is 1. The summed E-state index contributed by atoms with van der Waals surface area (Å²) in [5, 5.41) is 18.4. The first kappa shape index (κ1) is 17.4. The standard InChI is InChI=1S/C17H23N3O2S/c1-12(2)17(3,22)11-19-16(21)18-9-14-10-23-15(20-14)13-7-5-4-6-8-13/h4-8,10,12,22H,9,11H2,1-3H3,(H2,18,19,21). The summed E-state index contributed by atoms with van der Waals surface area (Å²) in [5.41, 5.74) is 0.971. The van der Waals surface area contributed by atoms with Gasteiger partial charge in [0.15, 0.2) is 0 Å². The predicted molar refractivity (Wildman–Crippen MR) is 93.3 cm³/mol. The molecule has 1 aromatic heterocycles. The number of aliphatic hydroxyl groups is 1. The van der Waals surface area contributed by atoms with Gasteiger partial charge in [-0.2, -0.15) is 0 Å². The lowest BCUT2D eigenvalue weighted by atomic mass is 9.93. The number of thiazole rings is 1. The van der Waals surface area contributed by atoms with Crippen LogP contribution in [0.2, 0.25) is 0 Å². The van der Waals surface area contributed by atoms with Gasteiger partial charge in [-0.1, -0.05) is 44.2 Å². The number of carbonyl (C=O) groups excluding carboxylic acids is 1. The average Bonchev–Trinajstić information content (AvgIpc) is 3.01. The van der Waals surface area contributed by atoms with Gasteiger partial charge in [-0.05, 0) is 12.8 Å². The summed E-state index contributed by atoms with van der Waals surface area (Å²) < 4.78 is 0. The van der Waals surface area contributed by atoms with Crippen molar-refractivity contribution < 1.29 is 9.90 Å². The number of hydrogen-bond donors (Lipinski definition) is 3. The van der Waals surface area contributed by atoms with Crippen LogP contribution < -0.4 is 10.6 Å². The van der Waals surface area contributed by atoms with E-state index in [2.05, 4.69) is 15.6 Å². The lowest BCUT2D eigenvalue weighted by molar-refractivity contribution is 0.0166. The second-order valence-electron chi connectivity index (χ2n) is 6.06. The van der Waals surface area contributed by atoms with E-state index < -0.39 is 5.60 Å². The monoisotopic (exact) mass is 333 g/mol. The first-order valence-corrected chi connectivity index (χ1v) is 8.50. The minimum atomic E-state index is -0.918. The fourth-order valence-corrected chi connectivity index (χ4v) is 2.62.